The molecule has 0 heterocycles. The van der Waals surface area contributed by atoms with Crippen LogP contribution in [0.2, 0.25) is 0 Å². The lowest BCUT2D eigenvalue weighted by molar-refractivity contribution is 5.59. The summed E-state index contributed by atoms with van der Waals surface area (Å²) in [7, 11) is 251. The van der Waals surface area contributed by atoms with Crippen LogP contribution in [0.25, 0.3) is 0 Å². The second kappa shape index (κ2) is 188. The first-order valence-corrected chi connectivity index (χ1v) is 209. The minimum Gasteiger partial charge on any atom is -0.0988 e. The van der Waals surface area contributed by atoms with Gasteiger partial charge >= 0.3 is 0 Å². The Morgan fingerprint density at radius 2 is 0.0571 bits per heavy atom. The van der Waals surface area contributed by atoms with Crippen LogP contribution in [0.1, 0.15) is 0 Å². The topological polar surface area (TPSA) is 0 Å². The van der Waals surface area contributed by atoms with Crippen LogP contribution >= 0.6 is 1380 Å². The molecule has 0 aromatic carbocycles. The van der Waals surface area contributed by atoms with Gasteiger partial charge in [-0.3, -0.25) is 0 Å². The predicted octanol–water partition coefficient (Wildman–Crippen LogP) is 90.2. The summed E-state index contributed by atoms with van der Waals surface area (Å²) in [5.74, 6) is 0. The van der Waals surface area contributed by atoms with Crippen molar-refractivity contribution in [2.24, 2.45) is 0 Å². The summed E-state index contributed by atoms with van der Waals surface area (Å²) in [6.45, 7) is 0. The highest BCUT2D eigenvalue weighted by atomic mass is 34.2. The van der Waals surface area contributed by atoms with Crippen LogP contribution in [0.5, 0.6) is 0 Å². The largest absolute Gasteiger partial charge is 0.0988 e. The first-order chi connectivity index (χ1) is 69.9. The maximum absolute atomic E-state index is 4.11. The quantitative estimate of drug-likeness (QED) is 0.0337. The Morgan fingerprint density at radius 1 is 0.0357 bits per heavy atom. The first kappa shape index (κ1) is 189. The smallest absolute Gasteiger partial charge is 0 e. The number of thiol groups is 2. The molecule has 0 amide bonds. The van der Waals surface area contributed by atoms with Crippen molar-refractivity contribution < 1.29 is 0 Å². The van der Waals surface area contributed by atoms with Crippen molar-refractivity contribution in [2.75, 3.05) is 0 Å². The average molecular weight is 4490 g/mol. The Morgan fingerprint density at radius 3 is 0.0786 bits per heavy atom. The van der Waals surface area contributed by atoms with E-state index in [0.29, 0.717) is 0 Å². The number of hydrogen-bond donors (Lipinski definition) is 2. The highest BCUT2D eigenvalue weighted by Crippen LogP contribution is 2.78. The maximum atomic E-state index is 4.11. The molecule has 0 spiro atoms. The molecule has 0 N–H and O–H groups in total. The highest BCUT2D eigenvalue weighted by molar-refractivity contribution is 9.72. The summed E-state index contributed by atoms with van der Waals surface area (Å²) in [5, 5.41) is 0. The summed E-state index contributed by atoms with van der Waals surface area (Å²) in [5.41, 5.74) is 0. The molecule has 842 valence electrons. The molecule has 0 aromatic rings. The van der Waals surface area contributed by atoms with Crippen LogP contribution < -0.4 is 0 Å². The van der Waals surface area contributed by atoms with Crippen molar-refractivity contribution in [3.05, 3.63) is 0 Å². The van der Waals surface area contributed by atoms with Gasteiger partial charge in [0.2, 0.25) is 0 Å². The van der Waals surface area contributed by atoms with Crippen LogP contribution in [-0.4, -0.2) is 0 Å². The van der Waals surface area contributed by atoms with E-state index in [1.165, 1.54) is 19.7 Å². The molecule has 0 fully saturated rings. The third-order valence-corrected chi connectivity index (χ3v) is 309. The standard InChI is InChI=1S/H2S140/c1-3-5-7-9-11-13-15-17-19-21-23-25-27-29-31-33-35-37-39-41-43-45-47-49-51-53-55-57-59-61-63-65-67-69-71-73-75-77-79-81-83-85-87-89-91-93-95-97-99-101-103-105-107-109-111-113-115-117-119-121-123-125-127-129-131-133-135-137-139-140-138-136-134-132-130-128-126-124-122-120-118-116-114-112-110-108-106-104-102-100-98-96-94-92-90-88-86-84-82-80-78-76-74-72-70-68-66-64-62-60-58-56-54-52-50-48-46-44-42-40-38-36-34-32-30-28-26-24-22-20-18-16-14-12-10-8-6-4-2/h1-2H. The lowest BCUT2D eigenvalue weighted by Crippen LogP contribution is -1.35. The van der Waals surface area contributed by atoms with E-state index in [1.807, 2.05) is 1240 Å². The Labute approximate surface area is 1340 Å². The fourth-order valence-electron chi connectivity index (χ4n) is 1.54. The highest BCUT2D eigenvalue weighted by Gasteiger charge is 2.13. The molecule has 0 saturated carbocycles. The molecule has 0 saturated heterocycles. The zero-order valence-electron chi connectivity index (χ0n) is 57.2. The van der Waals surface area contributed by atoms with Gasteiger partial charge in [0.25, 0.3) is 0 Å². The van der Waals surface area contributed by atoms with E-state index in [1.54, 1.807) is 98.3 Å². The molecule has 0 aliphatic heterocycles. The van der Waals surface area contributed by atoms with Gasteiger partial charge < -0.3 is 0 Å². The van der Waals surface area contributed by atoms with Gasteiger partial charge in [0, 0.05) is 1200 Å². The molecule has 0 atom stereocenters. The van der Waals surface area contributed by atoms with Crippen LogP contribution in [-0.2, 0) is 0 Å². The van der Waals surface area contributed by atoms with Crippen molar-refractivity contribution >= 4 is 1380 Å². The van der Waals surface area contributed by atoms with Crippen LogP contribution in [0, 0.1) is 0 Å². The van der Waals surface area contributed by atoms with Crippen molar-refractivity contribution in [3.8, 4) is 0 Å². The van der Waals surface area contributed by atoms with E-state index >= 15 is 0 Å². The number of hydrogen-bond acceptors (Lipinski definition) is 140. The third kappa shape index (κ3) is 187. The van der Waals surface area contributed by atoms with Gasteiger partial charge in [-0.1, -0.05) is 23.3 Å². The Bertz CT molecular complexity index is 1650. The molecule has 0 radical (unpaired) electrons. The van der Waals surface area contributed by atoms with Gasteiger partial charge in [-0.25, -0.2) is 0 Å². The fraction of sp³-hybridized carbons (Fsp3) is 0. The molecule has 0 bridgehead atoms. The van der Waals surface area contributed by atoms with Gasteiger partial charge in [0.05, 0.1) is 0 Å². The molecular weight excluding hydrogens is 4490 g/mol. The van der Waals surface area contributed by atoms with Crippen molar-refractivity contribution in [1.82, 2.24) is 0 Å². The Hall–Kier alpha value is 49.0. The molecule has 0 aliphatic rings. The Kier molecular flexibility index (Phi) is 254. The van der Waals surface area contributed by atoms with Crippen molar-refractivity contribution in [2.45, 2.75) is 0 Å². The van der Waals surface area contributed by atoms with Crippen LogP contribution in [0.15, 0.2) is 0 Å². The van der Waals surface area contributed by atoms with E-state index in [0.717, 1.165) is 0 Å². The van der Waals surface area contributed by atoms with Gasteiger partial charge in [-0.2, -0.15) is 0 Å². The molecule has 0 unspecified atom stereocenters. The van der Waals surface area contributed by atoms with Gasteiger partial charge in [0.15, 0.2) is 0 Å². The van der Waals surface area contributed by atoms with E-state index in [2.05, 4.69) is 23.3 Å². The van der Waals surface area contributed by atoms with E-state index in [9.17, 15) is 0 Å². The summed E-state index contributed by atoms with van der Waals surface area (Å²) < 4.78 is 0. The SMILES string of the molecule is SSSSSSSSSSSSSSSSSSSSSSSSSSSSSSSSSSSSSSSSSSSSSSSSSSSSSSSSSSSSSSSSSSSSSSSSSSSSSSSSSSSSSSSSSSSSSSSSSSSSSSSSSSSSSSSSSSSSSSSSSSSSSSSSSSSSSSSSSSSS. The molecular formula is H2S140. The van der Waals surface area contributed by atoms with Crippen LogP contribution in [0.4, 0.5) is 0 Å². The summed E-state index contributed by atoms with van der Waals surface area (Å²) in [4.78, 5) is 0. The molecule has 0 nitrogen and oxygen atoms in total. The summed E-state index contributed by atoms with van der Waals surface area (Å²) in [6, 6.07) is 0. The predicted molar refractivity (Wildman–Crippen MR) is 1070 cm³/mol. The van der Waals surface area contributed by atoms with Crippen molar-refractivity contribution in [3.63, 3.8) is 0 Å². The second-order valence-corrected chi connectivity index (χ2v) is 254. The van der Waals surface area contributed by atoms with Gasteiger partial charge in [-0.05, 0) is 157 Å². The minimum absolute atomic E-state index is 1.49. The van der Waals surface area contributed by atoms with Crippen LogP contribution in [0.3, 0.4) is 0 Å². The zero-order chi connectivity index (χ0) is 99.6. The molecule has 140 heavy (non-hydrogen) atoms. The molecule has 0 rings (SSSR count). The zero-order valence-corrected chi connectivity index (χ0v) is 172. The van der Waals surface area contributed by atoms with E-state index in [-0.39, 0.29) is 0 Å². The maximum Gasteiger partial charge on any atom is 0 e. The average Bonchev–Trinajstić information content (AvgIpc) is 1.10. The summed E-state index contributed by atoms with van der Waals surface area (Å²) >= 11 is 8.22. The molecule has 0 aliphatic carbocycles. The van der Waals surface area contributed by atoms with Gasteiger partial charge in [0.1, 0.15) is 0 Å². The minimum atomic E-state index is 1.49. The third-order valence-electron chi connectivity index (χ3n) is 3.81. The lowest BCUT2D eigenvalue weighted by atomic mass is 30.1. The number of rotatable bonds is 137. The summed E-state index contributed by atoms with van der Waals surface area (Å²) in [6.07, 6.45) is 0. The molecule has 0 aromatic heterocycles. The van der Waals surface area contributed by atoms with E-state index < -0.39 is 0 Å². The second-order valence-electron chi connectivity index (χ2n) is 9.40. The fourth-order valence-corrected chi connectivity index (χ4v) is 375. The molecule has 140 heteroatoms. The monoisotopic (exact) mass is 4480 g/mol. The lowest BCUT2D eigenvalue weighted by Gasteiger charge is -2.00. The first-order valence-electron chi connectivity index (χ1n) is 23.2. The van der Waals surface area contributed by atoms with Gasteiger partial charge in [-0.15, -0.1) is 0 Å². The Balaban J connectivity index is 3.10. The van der Waals surface area contributed by atoms with Crippen molar-refractivity contribution in [1.29, 1.82) is 0 Å². The van der Waals surface area contributed by atoms with E-state index in [4.69, 9.17) is 0 Å². The normalized spacial score (nSPS) is 11.9.